The summed E-state index contributed by atoms with van der Waals surface area (Å²) < 4.78 is 12.8. The number of ether oxygens (including phenoxy) is 2. The van der Waals surface area contributed by atoms with Crippen LogP contribution in [0, 0.1) is 0 Å². The van der Waals surface area contributed by atoms with Gasteiger partial charge in [-0.1, -0.05) is 30.0 Å². The fourth-order valence-corrected chi connectivity index (χ4v) is 4.09. The summed E-state index contributed by atoms with van der Waals surface area (Å²) in [7, 11) is 3.11. The molecule has 2 aromatic rings. The number of rotatable bonds is 9. The normalized spacial score (nSPS) is 15.0. The van der Waals surface area contributed by atoms with Gasteiger partial charge >= 0.3 is 0 Å². The van der Waals surface area contributed by atoms with E-state index in [0.29, 0.717) is 27.3 Å². The average Bonchev–Trinajstić information content (AvgIpc) is 3.35. The van der Waals surface area contributed by atoms with Crippen LogP contribution in [0.15, 0.2) is 41.8 Å². The first-order valence-corrected chi connectivity index (χ1v) is 10.4. The van der Waals surface area contributed by atoms with E-state index in [2.05, 4.69) is 10.3 Å². The van der Waals surface area contributed by atoms with Crippen molar-refractivity contribution in [3.05, 3.63) is 47.4 Å². The second-order valence-electron chi connectivity index (χ2n) is 6.39. The van der Waals surface area contributed by atoms with Crippen molar-refractivity contribution in [2.45, 2.75) is 13.0 Å². The number of aryl methyl sites for hydroxylation is 1. The van der Waals surface area contributed by atoms with Gasteiger partial charge in [-0.05, 0) is 30.2 Å². The Morgan fingerprint density at radius 3 is 2.80 bits per heavy atom. The van der Waals surface area contributed by atoms with Crippen molar-refractivity contribution in [1.29, 1.82) is 0 Å². The van der Waals surface area contributed by atoms with Gasteiger partial charge < -0.3 is 19.4 Å². The molecule has 2 heterocycles. The van der Waals surface area contributed by atoms with E-state index in [1.54, 1.807) is 45.0 Å². The molecule has 1 saturated heterocycles. The molecule has 1 aliphatic rings. The van der Waals surface area contributed by atoms with Gasteiger partial charge in [-0.2, -0.15) is 0 Å². The summed E-state index contributed by atoms with van der Waals surface area (Å²) >= 11 is 6.47. The molecule has 1 fully saturated rings. The number of aromatic nitrogens is 2. The summed E-state index contributed by atoms with van der Waals surface area (Å²) in [5.41, 5.74) is 0.775. The number of amides is 2. The molecule has 0 saturated carbocycles. The zero-order chi connectivity index (χ0) is 21.5. The Labute approximate surface area is 184 Å². The summed E-state index contributed by atoms with van der Waals surface area (Å²) in [6, 6.07) is 5.36. The zero-order valence-corrected chi connectivity index (χ0v) is 18.3. The number of carbonyl (C=O) groups is 2. The average molecular weight is 447 g/mol. The molecule has 2 amide bonds. The van der Waals surface area contributed by atoms with Crippen LogP contribution in [0.5, 0.6) is 11.5 Å². The Hall–Kier alpha value is -2.85. The number of nitrogens with one attached hydrogen (secondary N) is 1. The van der Waals surface area contributed by atoms with Crippen molar-refractivity contribution in [3.8, 4) is 11.5 Å². The van der Waals surface area contributed by atoms with Crippen molar-refractivity contribution in [2.24, 2.45) is 0 Å². The van der Waals surface area contributed by atoms with Crippen molar-refractivity contribution in [1.82, 2.24) is 19.8 Å². The number of methoxy groups -OCH3 is 2. The Kier molecular flexibility index (Phi) is 7.47. The summed E-state index contributed by atoms with van der Waals surface area (Å²) in [6.07, 6.45) is 7.80. The molecule has 1 aliphatic heterocycles. The minimum Gasteiger partial charge on any atom is -0.493 e. The highest BCUT2D eigenvalue weighted by Crippen LogP contribution is 2.34. The van der Waals surface area contributed by atoms with Gasteiger partial charge in [0.2, 0.25) is 5.91 Å². The molecule has 30 heavy (non-hydrogen) atoms. The summed E-state index contributed by atoms with van der Waals surface area (Å²) in [5, 5.41) is 2.82. The molecule has 0 unspecified atom stereocenters. The Balaban J connectivity index is 1.56. The Morgan fingerprint density at radius 2 is 2.10 bits per heavy atom. The third-order valence-electron chi connectivity index (χ3n) is 4.36. The highest BCUT2D eigenvalue weighted by molar-refractivity contribution is 8.26. The minimum atomic E-state index is -0.284. The molecule has 0 bridgehead atoms. The maximum absolute atomic E-state index is 12.7. The Bertz CT molecular complexity index is 960. The van der Waals surface area contributed by atoms with Crippen LogP contribution in [0.25, 0.3) is 6.08 Å². The number of carbonyl (C=O) groups excluding carboxylic acids is 2. The maximum atomic E-state index is 12.7. The monoisotopic (exact) mass is 446 g/mol. The minimum absolute atomic E-state index is 0.0982. The lowest BCUT2D eigenvalue weighted by molar-refractivity contribution is -0.128. The third-order valence-corrected chi connectivity index (χ3v) is 5.73. The van der Waals surface area contributed by atoms with Gasteiger partial charge in [0.05, 0.1) is 25.5 Å². The van der Waals surface area contributed by atoms with Gasteiger partial charge in [-0.3, -0.25) is 14.5 Å². The topological polar surface area (TPSA) is 85.7 Å². The SMILES string of the molecule is COc1ccc(C=C2SC(=S)N(CC(=O)NCCCn3ccnc3)C2=O)cc1OC. The van der Waals surface area contributed by atoms with Gasteiger partial charge in [0.1, 0.15) is 10.9 Å². The van der Waals surface area contributed by atoms with E-state index in [4.69, 9.17) is 21.7 Å². The van der Waals surface area contributed by atoms with Crippen LogP contribution < -0.4 is 14.8 Å². The molecule has 0 spiro atoms. The molecule has 10 heteroatoms. The summed E-state index contributed by atoms with van der Waals surface area (Å²) in [5.74, 6) is 0.640. The first-order chi connectivity index (χ1) is 14.5. The van der Waals surface area contributed by atoms with Crippen molar-refractivity contribution < 1.29 is 19.1 Å². The lowest BCUT2D eigenvalue weighted by Gasteiger charge is -2.14. The van der Waals surface area contributed by atoms with E-state index in [1.165, 1.54) is 16.7 Å². The Morgan fingerprint density at radius 1 is 1.30 bits per heavy atom. The largest absolute Gasteiger partial charge is 0.493 e. The van der Waals surface area contributed by atoms with E-state index >= 15 is 0 Å². The molecule has 1 N–H and O–H groups in total. The molecule has 1 aromatic carbocycles. The number of thiocarbonyl (C=S) groups is 1. The number of imidazole rings is 1. The number of nitrogens with zero attached hydrogens (tertiary/aromatic N) is 3. The maximum Gasteiger partial charge on any atom is 0.266 e. The molecule has 158 valence electrons. The van der Waals surface area contributed by atoms with Gasteiger partial charge in [0.15, 0.2) is 11.5 Å². The zero-order valence-electron chi connectivity index (χ0n) is 16.7. The first-order valence-electron chi connectivity index (χ1n) is 9.21. The lowest BCUT2D eigenvalue weighted by atomic mass is 10.2. The third kappa shape index (κ3) is 5.39. The number of hydrogen-bond donors (Lipinski definition) is 1. The fourth-order valence-electron chi connectivity index (χ4n) is 2.84. The van der Waals surface area contributed by atoms with E-state index in [0.717, 1.165) is 18.5 Å². The van der Waals surface area contributed by atoms with Crippen LogP contribution in [-0.4, -0.2) is 57.9 Å². The highest BCUT2D eigenvalue weighted by atomic mass is 32.2. The summed E-state index contributed by atoms with van der Waals surface area (Å²) in [6.45, 7) is 1.17. The van der Waals surface area contributed by atoms with Crippen molar-refractivity contribution in [2.75, 3.05) is 27.3 Å². The van der Waals surface area contributed by atoms with E-state index < -0.39 is 0 Å². The van der Waals surface area contributed by atoms with Crippen LogP contribution in [0.1, 0.15) is 12.0 Å². The van der Waals surface area contributed by atoms with Crippen molar-refractivity contribution >= 4 is 46.2 Å². The molecule has 0 aliphatic carbocycles. The quantitative estimate of drug-likeness (QED) is 0.359. The fraction of sp³-hybridized carbons (Fsp3) is 0.300. The summed E-state index contributed by atoms with van der Waals surface area (Å²) in [4.78, 5) is 30.7. The predicted molar refractivity (Wildman–Crippen MR) is 119 cm³/mol. The lowest BCUT2D eigenvalue weighted by Crippen LogP contribution is -2.39. The molecule has 8 nitrogen and oxygen atoms in total. The molecule has 1 aromatic heterocycles. The first kappa shape index (κ1) is 21.8. The van der Waals surface area contributed by atoms with Gasteiger partial charge in [-0.25, -0.2) is 4.98 Å². The molecule has 0 atom stereocenters. The standard InChI is InChI=1S/C20H22N4O4S2/c1-27-15-5-4-14(10-16(15)28-2)11-17-19(26)24(20(29)30-17)12-18(25)22-6-3-8-23-9-7-21-13-23/h4-5,7,9-11,13H,3,6,8,12H2,1-2H3,(H,22,25). The predicted octanol–water partition coefficient (Wildman–Crippen LogP) is 2.31. The smallest absolute Gasteiger partial charge is 0.266 e. The molecular weight excluding hydrogens is 424 g/mol. The number of thioether (sulfide) groups is 1. The molecular formula is C20H22N4O4S2. The van der Waals surface area contributed by atoms with Crippen LogP contribution in [-0.2, 0) is 16.1 Å². The second-order valence-corrected chi connectivity index (χ2v) is 8.06. The van der Waals surface area contributed by atoms with Crippen molar-refractivity contribution in [3.63, 3.8) is 0 Å². The molecule has 3 rings (SSSR count). The van der Waals surface area contributed by atoms with Crippen LogP contribution in [0.3, 0.4) is 0 Å². The molecule has 0 radical (unpaired) electrons. The van der Waals surface area contributed by atoms with Gasteiger partial charge in [-0.15, -0.1) is 0 Å². The van der Waals surface area contributed by atoms with E-state index in [1.807, 2.05) is 16.8 Å². The van der Waals surface area contributed by atoms with E-state index in [9.17, 15) is 9.59 Å². The van der Waals surface area contributed by atoms with E-state index in [-0.39, 0.29) is 18.4 Å². The van der Waals surface area contributed by atoms with Crippen LogP contribution in [0.4, 0.5) is 0 Å². The number of hydrogen-bond acceptors (Lipinski definition) is 7. The number of benzene rings is 1. The van der Waals surface area contributed by atoms with Gasteiger partial charge in [0.25, 0.3) is 5.91 Å². The highest BCUT2D eigenvalue weighted by Gasteiger charge is 2.33. The second kappa shape index (κ2) is 10.3. The van der Waals surface area contributed by atoms with Gasteiger partial charge in [0, 0.05) is 25.5 Å². The van der Waals surface area contributed by atoms with Crippen LogP contribution in [0.2, 0.25) is 0 Å². The van der Waals surface area contributed by atoms with Crippen LogP contribution >= 0.6 is 24.0 Å².